The molecule has 4 fully saturated rings. The molecule has 0 aliphatic heterocycles. The summed E-state index contributed by atoms with van der Waals surface area (Å²) in [6.45, 7) is 3.23. The molecule has 0 aromatic heterocycles. The molecular weight excluding hydrogens is 431 g/mol. The monoisotopic (exact) mass is 458 g/mol. The second-order valence-electron chi connectivity index (χ2n) is 9.66. The lowest BCUT2D eigenvalue weighted by Gasteiger charge is -2.54. The van der Waals surface area contributed by atoms with Gasteiger partial charge >= 0.3 is 0 Å². The summed E-state index contributed by atoms with van der Waals surface area (Å²) in [4.78, 5) is 13.0. The molecule has 4 saturated carbocycles. The Balaban J connectivity index is 1.40. The number of hydrogen-bond donors (Lipinski definition) is 2. The van der Waals surface area contributed by atoms with Crippen molar-refractivity contribution in [2.45, 2.75) is 63.3 Å². The lowest BCUT2D eigenvalue weighted by Crippen LogP contribution is -2.62. The largest absolute Gasteiger partial charge is 0.351 e. The minimum atomic E-state index is -3.74. The van der Waals surface area contributed by atoms with Crippen LogP contribution in [0.25, 0.3) is 0 Å². The molecule has 4 aliphatic carbocycles. The third kappa shape index (κ3) is 4.60. The molecule has 160 valence electrons. The minimum absolute atomic E-state index is 0.175. The third-order valence-corrected chi connectivity index (χ3v) is 9.12. The number of amides is 1. The highest BCUT2D eigenvalue weighted by molar-refractivity contribution is 7.88. The van der Waals surface area contributed by atoms with Crippen molar-refractivity contribution in [1.29, 1.82) is 0 Å². The zero-order valence-corrected chi connectivity index (χ0v) is 19.1. The molecule has 5 nitrogen and oxygen atoms in total. The summed E-state index contributed by atoms with van der Waals surface area (Å²) in [6.07, 6.45) is 6.14. The van der Waals surface area contributed by atoms with Gasteiger partial charge in [0.05, 0.1) is 15.8 Å². The van der Waals surface area contributed by atoms with Crippen molar-refractivity contribution in [2.75, 3.05) is 0 Å². The van der Waals surface area contributed by atoms with E-state index in [2.05, 4.69) is 10.0 Å². The lowest BCUT2D eigenvalue weighted by atomic mass is 9.54. The van der Waals surface area contributed by atoms with E-state index >= 15 is 0 Å². The van der Waals surface area contributed by atoms with E-state index in [0.717, 1.165) is 11.8 Å². The number of hydrogen-bond acceptors (Lipinski definition) is 3. The van der Waals surface area contributed by atoms with E-state index in [4.69, 9.17) is 23.2 Å². The molecule has 29 heavy (non-hydrogen) atoms. The highest BCUT2D eigenvalue weighted by Crippen LogP contribution is 2.53. The normalized spacial score (nSPS) is 31.1. The van der Waals surface area contributed by atoms with Crippen molar-refractivity contribution in [3.8, 4) is 0 Å². The molecule has 0 saturated heterocycles. The number of carbonyl (C=O) groups excluding carboxylic acids is 1. The molecule has 1 aromatic carbocycles. The van der Waals surface area contributed by atoms with Gasteiger partial charge in [0.1, 0.15) is 5.54 Å². The number of nitrogens with one attached hydrogen (secondary N) is 2. The van der Waals surface area contributed by atoms with Gasteiger partial charge in [-0.3, -0.25) is 4.79 Å². The summed E-state index contributed by atoms with van der Waals surface area (Å²) in [5, 5.41) is 3.88. The van der Waals surface area contributed by atoms with Crippen LogP contribution in [0.2, 0.25) is 10.0 Å². The topological polar surface area (TPSA) is 75.3 Å². The quantitative estimate of drug-likeness (QED) is 0.672. The van der Waals surface area contributed by atoms with Gasteiger partial charge in [0.25, 0.3) is 0 Å². The standard InChI is InChI=1S/C21H28Cl2N2O3S/c1-21(2,25-29(27,28)11-12-3-4-17(22)18(23)10-12)20(26)24-19-15-6-13-5-14(8-15)9-16(19)7-13/h3-4,10,13-16,19,25H,5-9,11H2,1-2H3,(H,24,26). The first-order chi connectivity index (χ1) is 13.5. The first-order valence-electron chi connectivity index (χ1n) is 10.3. The van der Waals surface area contributed by atoms with Crippen LogP contribution in [0.4, 0.5) is 0 Å². The maximum atomic E-state index is 13.0. The first-order valence-corrected chi connectivity index (χ1v) is 12.7. The van der Waals surface area contributed by atoms with E-state index in [1.807, 2.05) is 0 Å². The Kier molecular flexibility index (Phi) is 5.69. The Labute approximate surface area is 183 Å². The summed E-state index contributed by atoms with van der Waals surface area (Å²) in [7, 11) is -3.74. The fourth-order valence-corrected chi connectivity index (χ4v) is 7.69. The number of carbonyl (C=O) groups is 1. The second kappa shape index (κ2) is 7.70. The molecule has 0 atom stereocenters. The molecule has 0 radical (unpaired) electrons. The van der Waals surface area contributed by atoms with E-state index in [1.165, 1.54) is 38.2 Å². The van der Waals surface area contributed by atoms with Crippen LogP contribution in [0.1, 0.15) is 51.5 Å². The van der Waals surface area contributed by atoms with E-state index in [0.29, 0.717) is 27.4 Å². The molecule has 4 aliphatic rings. The van der Waals surface area contributed by atoms with Crippen molar-refractivity contribution in [2.24, 2.45) is 23.7 Å². The summed E-state index contributed by atoms with van der Waals surface area (Å²) >= 11 is 11.9. The molecular formula is C21H28Cl2N2O3S. The lowest BCUT2D eigenvalue weighted by molar-refractivity contribution is -0.129. The summed E-state index contributed by atoms with van der Waals surface area (Å²) in [5.74, 6) is 2.20. The SMILES string of the molecule is CC(C)(NS(=O)(=O)Cc1ccc(Cl)c(Cl)c1)C(=O)NC1C2CC3CC(C2)CC1C3. The zero-order chi connectivity index (χ0) is 21.0. The summed E-state index contributed by atoms with van der Waals surface area (Å²) < 4.78 is 27.9. The number of sulfonamides is 1. The van der Waals surface area contributed by atoms with Crippen molar-refractivity contribution < 1.29 is 13.2 Å². The van der Waals surface area contributed by atoms with Crippen molar-refractivity contribution >= 4 is 39.1 Å². The van der Waals surface area contributed by atoms with Crippen LogP contribution in [0, 0.1) is 23.7 Å². The van der Waals surface area contributed by atoms with Gasteiger partial charge < -0.3 is 5.32 Å². The predicted molar refractivity (Wildman–Crippen MR) is 115 cm³/mol. The van der Waals surface area contributed by atoms with E-state index in [-0.39, 0.29) is 17.7 Å². The molecule has 8 heteroatoms. The van der Waals surface area contributed by atoms with Crippen molar-refractivity contribution in [3.05, 3.63) is 33.8 Å². The summed E-state index contributed by atoms with van der Waals surface area (Å²) in [6, 6.07) is 4.90. The Morgan fingerprint density at radius 1 is 1.03 bits per heavy atom. The van der Waals surface area contributed by atoms with Crippen LogP contribution in [0.15, 0.2) is 18.2 Å². The number of rotatable bonds is 6. The van der Waals surface area contributed by atoms with Crippen LogP contribution < -0.4 is 10.0 Å². The molecule has 4 bridgehead atoms. The summed E-state index contributed by atoms with van der Waals surface area (Å²) in [5.41, 5.74) is -0.715. The molecule has 0 unspecified atom stereocenters. The van der Waals surface area contributed by atoms with Gasteiger partial charge in [0, 0.05) is 6.04 Å². The average molecular weight is 459 g/mol. The number of halogens is 2. The smallest absolute Gasteiger partial charge is 0.240 e. The highest BCUT2D eigenvalue weighted by atomic mass is 35.5. The Morgan fingerprint density at radius 2 is 1.62 bits per heavy atom. The zero-order valence-electron chi connectivity index (χ0n) is 16.8. The molecule has 0 heterocycles. The van der Waals surface area contributed by atoms with Gasteiger partial charge in [0.2, 0.25) is 15.9 Å². The highest BCUT2D eigenvalue weighted by Gasteiger charge is 2.49. The van der Waals surface area contributed by atoms with Gasteiger partial charge in [-0.1, -0.05) is 29.3 Å². The van der Waals surface area contributed by atoms with E-state index in [1.54, 1.807) is 26.0 Å². The van der Waals surface area contributed by atoms with Gasteiger partial charge in [0.15, 0.2) is 0 Å². The maximum absolute atomic E-state index is 13.0. The molecule has 0 spiro atoms. The molecule has 1 amide bonds. The van der Waals surface area contributed by atoms with Crippen LogP contribution >= 0.6 is 23.2 Å². The van der Waals surface area contributed by atoms with Crippen LogP contribution in [-0.2, 0) is 20.6 Å². The van der Waals surface area contributed by atoms with E-state index in [9.17, 15) is 13.2 Å². The maximum Gasteiger partial charge on any atom is 0.240 e. The van der Waals surface area contributed by atoms with E-state index < -0.39 is 15.6 Å². The Hall–Kier alpha value is -0.820. The van der Waals surface area contributed by atoms with Gasteiger partial charge in [-0.2, -0.15) is 4.72 Å². The van der Waals surface area contributed by atoms with Gasteiger partial charge in [-0.25, -0.2) is 8.42 Å². The van der Waals surface area contributed by atoms with Crippen LogP contribution in [-0.4, -0.2) is 25.9 Å². The van der Waals surface area contributed by atoms with Crippen LogP contribution in [0.5, 0.6) is 0 Å². The fraction of sp³-hybridized carbons (Fsp3) is 0.667. The average Bonchev–Trinajstić information content (AvgIpc) is 2.59. The molecule has 2 N–H and O–H groups in total. The predicted octanol–water partition coefficient (Wildman–Crippen LogP) is 4.13. The molecule has 5 rings (SSSR count). The Morgan fingerprint density at radius 3 is 2.17 bits per heavy atom. The minimum Gasteiger partial charge on any atom is -0.351 e. The first kappa shape index (κ1) is 21.4. The number of benzene rings is 1. The second-order valence-corrected chi connectivity index (χ2v) is 12.2. The fourth-order valence-electron chi connectivity index (χ4n) is 5.81. The third-order valence-electron chi connectivity index (χ3n) is 6.84. The van der Waals surface area contributed by atoms with Crippen molar-refractivity contribution in [1.82, 2.24) is 10.0 Å². The van der Waals surface area contributed by atoms with Gasteiger partial charge in [-0.15, -0.1) is 0 Å². The van der Waals surface area contributed by atoms with Crippen molar-refractivity contribution in [3.63, 3.8) is 0 Å². The molecule has 1 aromatic rings. The van der Waals surface area contributed by atoms with Gasteiger partial charge in [-0.05, 0) is 87.3 Å². The Bertz CT molecular complexity index is 889. The van der Waals surface area contributed by atoms with Crippen LogP contribution in [0.3, 0.4) is 0 Å².